The summed E-state index contributed by atoms with van der Waals surface area (Å²) in [4.78, 5) is 2.23. The van der Waals surface area contributed by atoms with Crippen molar-refractivity contribution in [2.75, 3.05) is 18.0 Å². The lowest BCUT2D eigenvalue weighted by atomic mass is 10.0. The van der Waals surface area contributed by atoms with E-state index in [0.29, 0.717) is 0 Å². The Morgan fingerprint density at radius 2 is 2.00 bits per heavy atom. The zero-order valence-electron chi connectivity index (χ0n) is 12.7. The van der Waals surface area contributed by atoms with Crippen LogP contribution in [-0.4, -0.2) is 29.3 Å². The standard InChI is InChI=1S/C17H22N4/c1-12-5-6-13(2)15(10-12)16-7-8-17(20-19-16)21-9-3-4-14(18)11-21/h5-8,10,14H,3-4,9,11,18H2,1-2H3. The fraction of sp³-hybridized carbons (Fsp3) is 0.412. The van der Waals surface area contributed by atoms with Crippen LogP contribution in [-0.2, 0) is 0 Å². The van der Waals surface area contributed by atoms with Gasteiger partial charge in [-0.05, 0) is 50.5 Å². The molecular formula is C17H22N4. The minimum Gasteiger partial charge on any atom is -0.354 e. The minimum absolute atomic E-state index is 0.249. The van der Waals surface area contributed by atoms with Gasteiger partial charge in [0.2, 0.25) is 0 Å². The Labute approximate surface area is 126 Å². The zero-order valence-corrected chi connectivity index (χ0v) is 12.7. The number of aryl methyl sites for hydroxylation is 2. The number of aromatic nitrogens is 2. The Hall–Kier alpha value is -1.94. The average molecular weight is 282 g/mol. The summed E-state index contributed by atoms with van der Waals surface area (Å²) in [5.41, 5.74) is 10.6. The second kappa shape index (κ2) is 5.82. The third-order valence-electron chi connectivity index (χ3n) is 4.10. The normalized spacial score (nSPS) is 18.8. The molecular weight excluding hydrogens is 260 g/mol. The largest absolute Gasteiger partial charge is 0.354 e. The molecule has 0 bridgehead atoms. The number of benzene rings is 1. The van der Waals surface area contributed by atoms with E-state index in [1.54, 1.807) is 0 Å². The molecule has 4 heteroatoms. The van der Waals surface area contributed by atoms with Crippen molar-refractivity contribution in [3.05, 3.63) is 41.5 Å². The number of hydrogen-bond donors (Lipinski definition) is 1. The van der Waals surface area contributed by atoms with E-state index in [1.165, 1.54) is 11.1 Å². The first-order valence-corrected chi connectivity index (χ1v) is 7.55. The van der Waals surface area contributed by atoms with Crippen molar-refractivity contribution in [1.29, 1.82) is 0 Å². The summed E-state index contributed by atoms with van der Waals surface area (Å²) in [6.45, 7) is 6.09. The molecule has 1 unspecified atom stereocenters. The fourth-order valence-corrected chi connectivity index (χ4v) is 2.87. The zero-order chi connectivity index (χ0) is 14.8. The van der Waals surface area contributed by atoms with E-state index in [1.807, 2.05) is 0 Å². The second-order valence-corrected chi connectivity index (χ2v) is 5.94. The molecule has 2 N–H and O–H groups in total. The summed E-state index contributed by atoms with van der Waals surface area (Å²) >= 11 is 0. The Bertz CT molecular complexity index is 621. The highest BCUT2D eigenvalue weighted by molar-refractivity contribution is 5.64. The Morgan fingerprint density at radius 1 is 1.14 bits per heavy atom. The molecule has 0 spiro atoms. The molecule has 2 aromatic rings. The second-order valence-electron chi connectivity index (χ2n) is 5.94. The van der Waals surface area contributed by atoms with Crippen LogP contribution in [0.25, 0.3) is 11.3 Å². The molecule has 1 aromatic heterocycles. The van der Waals surface area contributed by atoms with Gasteiger partial charge in [-0.3, -0.25) is 0 Å². The van der Waals surface area contributed by atoms with Crippen molar-refractivity contribution >= 4 is 5.82 Å². The van der Waals surface area contributed by atoms with Crippen molar-refractivity contribution < 1.29 is 0 Å². The molecule has 3 rings (SSSR count). The number of piperidine rings is 1. The number of nitrogens with two attached hydrogens (primary N) is 1. The first-order valence-electron chi connectivity index (χ1n) is 7.55. The summed E-state index contributed by atoms with van der Waals surface area (Å²) in [5.74, 6) is 0.930. The third-order valence-corrected chi connectivity index (χ3v) is 4.10. The Morgan fingerprint density at radius 3 is 2.71 bits per heavy atom. The first kappa shape index (κ1) is 14.0. The van der Waals surface area contributed by atoms with Crippen LogP contribution in [0.5, 0.6) is 0 Å². The molecule has 4 nitrogen and oxygen atoms in total. The van der Waals surface area contributed by atoms with Gasteiger partial charge in [-0.15, -0.1) is 10.2 Å². The molecule has 110 valence electrons. The SMILES string of the molecule is Cc1ccc(C)c(-c2ccc(N3CCCC(N)C3)nn2)c1. The van der Waals surface area contributed by atoms with Crippen LogP contribution in [0, 0.1) is 13.8 Å². The molecule has 1 atom stereocenters. The van der Waals surface area contributed by atoms with Crippen molar-refractivity contribution in [1.82, 2.24) is 10.2 Å². The fourth-order valence-electron chi connectivity index (χ4n) is 2.87. The molecule has 1 aliphatic rings. The quantitative estimate of drug-likeness (QED) is 0.920. The number of rotatable bonds is 2. The molecule has 0 aliphatic carbocycles. The van der Waals surface area contributed by atoms with Gasteiger partial charge in [0, 0.05) is 24.7 Å². The lowest BCUT2D eigenvalue weighted by molar-refractivity contribution is 0.502. The van der Waals surface area contributed by atoms with Crippen LogP contribution in [0.4, 0.5) is 5.82 Å². The highest BCUT2D eigenvalue weighted by Gasteiger charge is 2.18. The highest BCUT2D eigenvalue weighted by atomic mass is 15.3. The molecule has 0 saturated carbocycles. The highest BCUT2D eigenvalue weighted by Crippen LogP contribution is 2.24. The van der Waals surface area contributed by atoms with E-state index in [4.69, 9.17) is 5.73 Å². The van der Waals surface area contributed by atoms with Gasteiger partial charge in [-0.1, -0.05) is 17.7 Å². The molecule has 0 radical (unpaired) electrons. The third kappa shape index (κ3) is 3.05. The van der Waals surface area contributed by atoms with E-state index < -0.39 is 0 Å². The van der Waals surface area contributed by atoms with E-state index in [-0.39, 0.29) is 6.04 Å². The van der Waals surface area contributed by atoms with E-state index in [0.717, 1.165) is 43.0 Å². The van der Waals surface area contributed by atoms with Gasteiger partial charge in [0.05, 0.1) is 5.69 Å². The number of anilines is 1. The van der Waals surface area contributed by atoms with Gasteiger partial charge in [0.15, 0.2) is 5.82 Å². The minimum atomic E-state index is 0.249. The monoisotopic (exact) mass is 282 g/mol. The van der Waals surface area contributed by atoms with Crippen molar-refractivity contribution in [2.45, 2.75) is 32.7 Å². The molecule has 1 aromatic carbocycles. The van der Waals surface area contributed by atoms with Crippen LogP contribution in [0.15, 0.2) is 30.3 Å². The first-order chi connectivity index (χ1) is 10.1. The number of hydrogen-bond acceptors (Lipinski definition) is 4. The van der Waals surface area contributed by atoms with Crippen LogP contribution in [0.3, 0.4) is 0 Å². The van der Waals surface area contributed by atoms with Crippen LogP contribution in [0.2, 0.25) is 0 Å². The topological polar surface area (TPSA) is 55.0 Å². The average Bonchev–Trinajstić information content (AvgIpc) is 2.50. The van der Waals surface area contributed by atoms with E-state index >= 15 is 0 Å². The van der Waals surface area contributed by atoms with Gasteiger partial charge in [0.1, 0.15) is 0 Å². The van der Waals surface area contributed by atoms with E-state index in [2.05, 4.69) is 59.3 Å². The van der Waals surface area contributed by atoms with Crippen LogP contribution in [0.1, 0.15) is 24.0 Å². The maximum absolute atomic E-state index is 6.03. The predicted octanol–water partition coefficient (Wildman–Crippen LogP) is 2.69. The summed E-state index contributed by atoms with van der Waals surface area (Å²) in [6.07, 6.45) is 2.23. The van der Waals surface area contributed by atoms with Gasteiger partial charge in [-0.25, -0.2) is 0 Å². The maximum Gasteiger partial charge on any atom is 0.151 e. The van der Waals surface area contributed by atoms with Crippen LogP contribution >= 0.6 is 0 Å². The van der Waals surface area contributed by atoms with Gasteiger partial charge in [0.25, 0.3) is 0 Å². The Kier molecular flexibility index (Phi) is 3.88. The van der Waals surface area contributed by atoms with Gasteiger partial charge < -0.3 is 10.6 Å². The molecule has 2 heterocycles. The molecule has 1 saturated heterocycles. The lowest BCUT2D eigenvalue weighted by Crippen LogP contribution is -2.43. The summed E-state index contributed by atoms with van der Waals surface area (Å²) in [5, 5.41) is 8.82. The lowest BCUT2D eigenvalue weighted by Gasteiger charge is -2.31. The molecule has 0 amide bonds. The van der Waals surface area contributed by atoms with Gasteiger partial charge >= 0.3 is 0 Å². The predicted molar refractivity (Wildman–Crippen MR) is 86.4 cm³/mol. The summed E-state index contributed by atoms with van der Waals surface area (Å²) in [7, 11) is 0. The summed E-state index contributed by atoms with van der Waals surface area (Å²) < 4.78 is 0. The molecule has 1 fully saturated rings. The maximum atomic E-state index is 6.03. The summed E-state index contributed by atoms with van der Waals surface area (Å²) in [6, 6.07) is 10.8. The molecule has 21 heavy (non-hydrogen) atoms. The van der Waals surface area contributed by atoms with Crippen molar-refractivity contribution in [2.24, 2.45) is 5.73 Å². The number of nitrogens with zero attached hydrogens (tertiary/aromatic N) is 3. The van der Waals surface area contributed by atoms with E-state index in [9.17, 15) is 0 Å². The molecule has 1 aliphatic heterocycles. The van der Waals surface area contributed by atoms with Crippen LogP contribution < -0.4 is 10.6 Å². The van der Waals surface area contributed by atoms with Crippen molar-refractivity contribution in [3.63, 3.8) is 0 Å². The van der Waals surface area contributed by atoms with Gasteiger partial charge in [-0.2, -0.15) is 0 Å². The Balaban J connectivity index is 1.85. The smallest absolute Gasteiger partial charge is 0.151 e. The van der Waals surface area contributed by atoms with Crippen molar-refractivity contribution in [3.8, 4) is 11.3 Å².